The summed E-state index contributed by atoms with van der Waals surface area (Å²) in [6.45, 7) is 1.43. The van der Waals surface area contributed by atoms with E-state index in [1.807, 2.05) is 0 Å². The van der Waals surface area contributed by atoms with Crippen LogP contribution in [-0.2, 0) is 14.8 Å². The average molecular weight is 336 g/mol. The van der Waals surface area contributed by atoms with E-state index >= 15 is 0 Å². The molecule has 1 aliphatic rings. The molecule has 1 fully saturated rings. The third kappa shape index (κ3) is 3.11. The van der Waals surface area contributed by atoms with E-state index in [0.717, 1.165) is 4.68 Å². The summed E-state index contributed by atoms with van der Waals surface area (Å²) in [6, 6.07) is 7.28. The van der Waals surface area contributed by atoms with Crippen LogP contribution < -0.4 is 5.73 Å². The van der Waals surface area contributed by atoms with Crippen molar-refractivity contribution in [3.8, 4) is 0 Å². The van der Waals surface area contributed by atoms with Crippen molar-refractivity contribution in [3.63, 3.8) is 0 Å². The van der Waals surface area contributed by atoms with Crippen molar-refractivity contribution in [1.29, 1.82) is 0 Å². The lowest BCUT2D eigenvalue weighted by atomic mass is 10.2. The molecule has 0 aliphatic carbocycles. The first-order valence-electron chi connectivity index (χ1n) is 7.02. The molecular formula is C14H16N4O4S. The molecular weight excluding hydrogens is 320 g/mol. The number of carbonyl (C=O) groups is 1. The van der Waals surface area contributed by atoms with Gasteiger partial charge in [0.15, 0.2) is 0 Å². The summed E-state index contributed by atoms with van der Waals surface area (Å²) in [4.78, 5) is 12.3. The number of nitrogens with zero attached hydrogens (tertiary/aromatic N) is 3. The molecule has 9 heteroatoms. The number of anilines is 1. The van der Waals surface area contributed by atoms with Crippen LogP contribution in [0.2, 0.25) is 0 Å². The van der Waals surface area contributed by atoms with Gasteiger partial charge >= 0.3 is 0 Å². The van der Waals surface area contributed by atoms with Crippen molar-refractivity contribution in [2.45, 2.75) is 4.90 Å². The molecule has 3 rings (SSSR count). The molecule has 0 amide bonds. The molecule has 1 aromatic carbocycles. The zero-order chi connectivity index (χ0) is 16.4. The maximum atomic E-state index is 12.5. The van der Waals surface area contributed by atoms with Crippen molar-refractivity contribution < 1.29 is 17.9 Å². The second-order valence-electron chi connectivity index (χ2n) is 5.03. The van der Waals surface area contributed by atoms with Crippen molar-refractivity contribution >= 4 is 21.7 Å². The summed E-state index contributed by atoms with van der Waals surface area (Å²) in [7, 11) is -3.57. The van der Waals surface area contributed by atoms with E-state index < -0.39 is 10.0 Å². The highest BCUT2D eigenvalue weighted by molar-refractivity contribution is 7.89. The van der Waals surface area contributed by atoms with Gasteiger partial charge in [-0.1, -0.05) is 0 Å². The first kappa shape index (κ1) is 15.7. The maximum Gasteiger partial charge on any atom is 0.278 e. The van der Waals surface area contributed by atoms with Crippen molar-refractivity contribution in [2.75, 3.05) is 32.0 Å². The van der Waals surface area contributed by atoms with E-state index in [-0.39, 0.29) is 16.6 Å². The molecule has 23 heavy (non-hydrogen) atoms. The highest BCUT2D eigenvalue weighted by Gasteiger charge is 2.26. The van der Waals surface area contributed by atoms with Crippen LogP contribution >= 0.6 is 0 Å². The Balaban J connectivity index is 1.83. The van der Waals surface area contributed by atoms with Gasteiger partial charge in [-0.05, 0) is 24.3 Å². The molecule has 0 saturated carbocycles. The van der Waals surface area contributed by atoms with Crippen LogP contribution in [0.1, 0.15) is 10.4 Å². The Morgan fingerprint density at radius 1 is 1.13 bits per heavy atom. The van der Waals surface area contributed by atoms with Gasteiger partial charge < -0.3 is 10.5 Å². The number of aromatic nitrogens is 2. The minimum Gasteiger partial charge on any atom is -0.382 e. The highest BCUT2D eigenvalue weighted by Crippen LogP contribution is 2.18. The third-order valence-electron chi connectivity index (χ3n) is 3.53. The normalized spacial score (nSPS) is 16.3. The molecule has 1 aromatic heterocycles. The molecule has 0 spiro atoms. The molecule has 1 saturated heterocycles. The van der Waals surface area contributed by atoms with Crippen LogP contribution in [-0.4, -0.2) is 54.7 Å². The SMILES string of the molecule is Nc1ccn(C(=O)c2ccc(S(=O)(=O)N3CCOCC3)cc2)n1. The molecule has 0 atom stereocenters. The molecule has 2 heterocycles. The monoisotopic (exact) mass is 336 g/mol. The van der Waals surface area contributed by atoms with E-state index in [1.165, 1.54) is 40.8 Å². The van der Waals surface area contributed by atoms with Crippen molar-refractivity contribution in [3.05, 3.63) is 42.1 Å². The van der Waals surface area contributed by atoms with Crippen LogP contribution in [0, 0.1) is 0 Å². The van der Waals surface area contributed by atoms with Crippen molar-refractivity contribution in [1.82, 2.24) is 14.1 Å². The molecule has 8 nitrogen and oxygen atoms in total. The minimum atomic E-state index is -3.57. The first-order valence-corrected chi connectivity index (χ1v) is 8.46. The summed E-state index contributed by atoms with van der Waals surface area (Å²) < 4.78 is 32.6. The Morgan fingerprint density at radius 2 is 1.78 bits per heavy atom. The predicted molar refractivity (Wildman–Crippen MR) is 82.4 cm³/mol. The first-order chi connectivity index (χ1) is 11.0. The largest absolute Gasteiger partial charge is 0.382 e. The number of hydrogen-bond donors (Lipinski definition) is 1. The Kier molecular flexibility index (Phi) is 4.16. The number of morpholine rings is 1. The zero-order valence-corrected chi connectivity index (χ0v) is 13.1. The van der Waals surface area contributed by atoms with E-state index in [9.17, 15) is 13.2 Å². The number of carbonyl (C=O) groups excluding carboxylic acids is 1. The van der Waals surface area contributed by atoms with Gasteiger partial charge in [-0.25, -0.2) is 13.1 Å². The Bertz CT molecular complexity index is 808. The van der Waals surface area contributed by atoms with Crippen LogP contribution in [0.15, 0.2) is 41.4 Å². The van der Waals surface area contributed by atoms with Crippen LogP contribution in [0.25, 0.3) is 0 Å². The Hall–Kier alpha value is -2.23. The lowest BCUT2D eigenvalue weighted by Gasteiger charge is -2.26. The maximum absolute atomic E-state index is 12.5. The second kappa shape index (κ2) is 6.11. The number of rotatable bonds is 3. The molecule has 0 unspecified atom stereocenters. The number of nitrogens with two attached hydrogens (primary N) is 1. The zero-order valence-electron chi connectivity index (χ0n) is 12.3. The summed E-state index contributed by atoms with van der Waals surface area (Å²) in [6.07, 6.45) is 1.45. The summed E-state index contributed by atoms with van der Waals surface area (Å²) in [5.41, 5.74) is 5.81. The van der Waals surface area contributed by atoms with Gasteiger partial charge in [0, 0.05) is 30.9 Å². The number of benzene rings is 1. The molecule has 0 bridgehead atoms. The third-order valence-corrected chi connectivity index (χ3v) is 5.44. The predicted octanol–water partition coefficient (Wildman–Crippen LogP) is 0.175. The lowest BCUT2D eigenvalue weighted by molar-refractivity contribution is 0.0730. The Morgan fingerprint density at radius 3 is 2.35 bits per heavy atom. The smallest absolute Gasteiger partial charge is 0.278 e. The van der Waals surface area contributed by atoms with Crippen LogP contribution in [0.3, 0.4) is 0 Å². The van der Waals surface area contributed by atoms with Crippen molar-refractivity contribution in [2.24, 2.45) is 0 Å². The van der Waals surface area contributed by atoms with Gasteiger partial charge in [0.05, 0.1) is 18.1 Å². The molecule has 2 aromatic rings. The summed E-state index contributed by atoms with van der Waals surface area (Å²) in [5.74, 6) is -0.137. The van der Waals surface area contributed by atoms with Gasteiger partial charge in [0.2, 0.25) is 10.0 Å². The fraction of sp³-hybridized carbons (Fsp3) is 0.286. The highest BCUT2D eigenvalue weighted by atomic mass is 32.2. The number of nitrogen functional groups attached to an aromatic ring is 1. The van der Waals surface area contributed by atoms with Gasteiger partial charge in [0.25, 0.3) is 5.91 Å². The van der Waals surface area contributed by atoms with E-state index in [0.29, 0.717) is 31.9 Å². The van der Waals surface area contributed by atoms with E-state index in [4.69, 9.17) is 10.5 Å². The van der Waals surface area contributed by atoms with Crippen LogP contribution in [0.5, 0.6) is 0 Å². The minimum absolute atomic E-state index is 0.149. The second-order valence-corrected chi connectivity index (χ2v) is 6.97. The topological polar surface area (TPSA) is 108 Å². The van der Waals surface area contributed by atoms with Gasteiger partial charge in [-0.2, -0.15) is 4.31 Å². The van der Waals surface area contributed by atoms with Gasteiger partial charge in [-0.3, -0.25) is 4.79 Å². The lowest BCUT2D eigenvalue weighted by Crippen LogP contribution is -2.40. The fourth-order valence-corrected chi connectivity index (χ4v) is 3.70. The Labute approximate surface area is 133 Å². The fourth-order valence-electron chi connectivity index (χ4n) is 2.29. The van der Waals surface area contributed by atoms with E-state index in [1.54, 1.807) is 0 Å². The van der Waals surface area contributed by atoms with Gasteiger partial charge in [-0.15, -0.1) is 5.10 Å². The molecule has 1 aliphatic heterocycles. The van der Waals surface area contributed by atoms with Gasteiger partial charge in [0.1, 0.15) is 5.82 Å². The molecule has 2 N–H and O–H groups in total. The molecule has 0 radical (unpaired) electrons. The quantitative estimate of drug-likeness (QED) is 0.856. The number of sulfonamides is 1. The number of ether oxygens (including phenoxy) is 1. The van der Waals surface area contributed by atoms with E-state index in [2.05, 4.69) is 5.10 Å². The summed E-state index contributed by atoms with van der Waals surface area (Å²) in [5, 5.41) is 3.84. The average Bonchev–Trinajstić information content (AvgIpc) is 3.01. The van der Waals surface area contributed by atoms with Crippen LogP contribution in [0.4, 0.5) is 5.82 Å². The molecule has 122 valence electrons. The standard InChI is InChI=1S/C14H16N4O4S/c15-13-5-6-18(16-13)14(19)11-1-3-12(4-2-11)23(20,21)17-7-9-22-10-8-17/h1-6H,7-10H2,(H2,15,16). The number of hydrogen-bond acceptors (Lipinski definition) is 6. The summed E-state index contributed by atoms with van der Waals surface area (Å²) >= 11 is 0.